The van der Waals surface area contributed by atoms with Crippen molar-refractivity contribution >= 4 is 46.1 Å². The SMILES string of the molecule is CCC(Oc1ccccc1)C(=O)Nc1ccc(NC(=O)c2cccs2)c(Cl)c1. The molecule has 2 N–H and O–H groups in total. The molecule has 0 fully saturated rings. The van der Waals surface area contributed by atoms with Crippen LogP contribution in [0.15, 0.2) is 66.0 Å². The summed E-state index contributed by atoms with van der Waals surface area (Å²) < 4.78 is 5.74. The van der Waals surface area contributed by atoms with Crippen molar-refractivity contribution in [2.75, 3.05) is 10.6 Å². The van der Waals surface area contributed by atoms with Crippen LogP contribution in [0.2, 0.25) is 5.02 Å². The molecule has 0 saturated heterocycles. The molecule has 0 radical (unpaired) electrons. The van der Waals surface area contributed by atoms with Gasteiger partial charge in [-0.25, -0.2) is 0 Å². The molecule has 0 spiro atoms. The summed E-state index contributed by atoms with van der Waals surface area (Å²) in [5.41, 5.74) is 1.00. The highest BCUT2D eigenvalue weighted by Crippen LogP contribution is 2.27. The molecule has 3 aromatic rings. The molecule has 1 atom stereocenters. The standard InChI is InChI=1S/C21H19ClN2O3S/c1-2-18(27-15-7-4-3-5-8-15)20(25)23-14-10-11-17(16(22)13-14)24-21(26)19-9-6-12-28-19/h3-13,18H,2H2,1H3,(H,23,25)(H,24,26). The van der Waals surface area contributed by atoms with Gasteiger partial charge in [0.25, 0.3) is 11.8 Å². The largest absolute Gasteiger partial charge is 0.481 e. The van der Waals surface area contributed by atoms with E-state index in [0.29, 0.717) is 33.4 Å². The molecule has 1 aromatic heterocycles. The lowest BCUT2D eigenvalue weighted by Gasteiger charge is -2.17. The summed E-state index contributed by atoms with van der Waals surface area (Å²) in [5.74, 6) is 0.142. The Morgan fingerprint density at radius 2 is 1.86 bits per heavy atom. The average Bonchev–Trinajstić information content (AvgIpc) is 3.24. The van der Waals surface area contributed by atoms with E-state index in [0.717, 1.165) is 0 Å². The van der Waals surface area contributed by atoms with Gasteiger partial charge in [0.05, 0.1) is 15.6 Å². The van der Waals surface area contributed by atoms with Crippen molar-refractivity contribution in [1.29, 1.82) is 0 Å². The smallest absolute Gasteiger partial charge is 0.265 e. The van der Waals surface area contributed by atoms with Gasteiger partial charge in [-0.3, -0.25) is 9.59 Å². The molecule has 3 rings (SSSR count). The number of ether oxygens (including phenoxy) is 1. The van der Waals surface area contributed by atoms with Gasteiger partial charge in [0.2, 0.25) is 0 Å². The first kappa shape index (κ1) is 19.9. The van der Waals surface area contributed by atoms with Crippen molar-refractivity contribution in [1.82, 2.24) is 0 Å². The molecule has 5 nitrogen and oxygen atoms in total. The summed E-state index contributed by atoms with van der Waals surface area (Å²) in [7, 11) is 0. The van der Waals surface area contributed by atoms with Crippen LogP contribution in [0.5, 0.6) is 5.75 Å². The Kier molecular flexibility index (Phi) is 6.68. The van der Waals surface area contributed by atoms with E-state index in [-0.39, 0.29) is 11.8 Å². The number of thiophene rings is 1. The second-order valence-electron chi connectivity index (χ2n) is 5.94. The molecule has 2 aromatic carbocycles. The van der Waals surface area contributed by atoms with Crippen LogP contribution in [0.4, 0.5) is 11.4 Å². The highest BCUT2D eigenvalue weighted by molar-refractivity contribution is 7.12. The number of hydrogen-bond donors (Lipinski definition) is 2. The van der Waals surface area contributed by atoms with Gasteiger partial charge in [0.15, 0.2) is 6.10 Å². The minimum atomic E-state index is -0.626. The van der Waals surface area contributed by atoms with Gasteiger partial charge in [-0.05, 0) is 48.2 Å². The molecule has 0 aliphatic rings. The minimum absolute atomic E-state index is 0.226. The Labute approximate surface area is 172 Å². The van der Waals surface area contributed by atoms with Crippen molar-refractivity contribution < 1.29 is 14.3 Å². The van der Waals surface area contributed by atoms with Gasteiger partial charge in [-0.15, -0.1) is 11.3 Å². The number of nitrogens with one attached hydrogen (secondary N) is 2. The first-order chi connectivity index (χ1) is 13.6. The zero-order chi connectivity index (χ0) is 19.9. The fraction of sp³-hybridized carbons (Fsp3) is 0.143. The third kappa shape index (κ3) is 5.12. The molecule has 1 heterocycles. The van der Waals surface area contributed by atoms with E-state index >= 15 is 0 Å². The number of benzene rings is 2. The van der Waals surface area contributed by atoms with E-state index in [2.05, 4.69) is 10.6 Å². The van der Waals surface area contributed by atoms with Crippen LogP contribution in [0.25, 0.3) is 0 Å². The Hall–Kier alpha value is -2.83. The molecular formula is C21H19ClN2O3S. The molecule has 7 heteroatoms. The average molecular weight is 415 g/mol. The van der Waals surface area contributed by atoms with Crippen LogP contribution in [0.1, 0.15) is 23.0 Å². The maximum Gasteiger partial charge on any atom is 0.265 e. The van der Waals surface area contributed by atoms with Gasteiger partial charge >= 0.3 is 0 Å². The van der Waals surface area contributed by atoms with Gasteiger partial charge in [0, 0.05) is 5.69 Å². The van der Waals surface area contributed by atoms with Crippen molar-refractivity contribution in [3.8, 4) is 5.75 Å². The Morgan fingerprint density at radius 3 is 2.50 bits per heavy atom. The Morgan fingerprint density at radius 1 is 1.07 bits per heavy atom. The number of anilines is 2. The monoisotopic (exact) mass is 414 g/mol. The van der Waals surface area contributed by atoms with E-state index in [1.807, 2.05) is 36.6 Å². The van der Waals surface area contributed by atoms with Crippen molar-refractivity contribution in [2.24, 2.45) is 0 Å². The van der Waals surface area contributed by atoms with Gasteiger partial charge in [0.1, 0.15) is 5.75 Å². The highest BCUT2D eigenvalue weighted by atomic mass is 35.5. The van der Waals surface area contributed by atoms with E-state index in [9.17, 15) is 9.59 Å². The van der Waals surface area contributed by atoms with Crippen molar-refractivity contribution in [2.45, 2.75) is 19.4 Å². The zero-order valence-corrected chi connectivity index (χ0v) is 16.7. The number of halogens is 1. The fourth-order valence-corrected chi connectivity index (χ4v) is 3.34. The van der Waals surface area contributed by atoms with Gasteiger partial charge in [-0.2, -0.15) is 0 Å². The van der Waals surface area contributed by atoms with Crippen LogP contribution in [0.3, 0.4) is 0 Å². The maximum atomic E-state index is 12.5. The predicted molar refractivity (Wildman–Crippen MR) is 114 cm³/mol. The molecule has 2 amide bonds. The quantitative estimate of drug-likeness (QED) is 0.540. The number of rotatable bonds is 7. The fourth-order valence-electron chi connectivity index (χ4n) is 2.49. The lowest BCUT2D eigenvalue weighted by atomic mass is 10.2. The van der Waals surface area contributed by atoms with Crippen LogP contribution < -0.4 is 15.4 Å². The van der Waals surface area contributed by atoms with Gasteiger partial charge in [-0.1, -0.05) is 42.8 Å². The lowest BCUT2D eigenvalue weighted by molar-refractivity contribution is -0.122. The van der Waals surface area contributed by atoms with Crippen LogP contribution in [-0.4, -0.2) is 17.9 Å². The van der Waals surface area contributed by atoms with Crippen LogP contribution in [-0.2, 0) is 4.79 Å². The third-order valence-corrected chi connectivity index (χ3v) is 5.10. The molecule has 0 bridgehead atoms. The third-order valence-electron chi connectivity index (χ3n) is 3.91. The van der Waals surface area contributed by atoms with Gasteiger partial charge < -0.3 is 15.4 Å². The maximum absolute atomic E-state index is 12.5. The molecule has 144 valence electrons. The number of carbonyl (C=O) groups is 2. The Balaban J connectivity index is 1.64. The molecular weight excluding hydrogens is 396 g/mol. The van der Waals surface area contributed by atoms with E-state index in [1.54, 1.807) is 36.4 Å². The summed E-state index contributed by atoms with van der Waals surface area (Å²) in [5, 5.41) is 7.73. The highest BCUT2D eigenvalue weighted by Gasteiger charge is 2.19. The predicted octanol–water partition coefficient (Wildman–Crippen LogP) is 5.45. The summed E-state index contributed by atoms with van der Waals surface area (Å²) in [6.07, 6.45) is -0.108. The topological polar surface area (TPSA) is 67.4 Å². The number of hydrogen-bond acceptors (Lipinski definition) is 4. The van der Waals surface area contributed by atoms with Crippen LogP contribution >= 0.6 is 22.9 Å². The summed E-state index contributed by atoms with van der Waals surface area (Å²) in [6.45, 7) is 1.88. The van der Waals surface area contributed by atoms with E-state index < -0.39 is 6.10 Å². The molecule has 1 unspecified atom stereocenters. The summed E-state index contributed by atoms with van der Waals surface area (Å²) >= 11 is 7.62. The first-order valence-corrected chi connectivity index (χ1v) is 9.99. The van der Waals surface area contributed by atoms with Crippen molar-refractivity contribution in [3.63, 3.8) is 0 Å². The van der Waals surface area contributed by atoms with E-state index in [1.165, 1.54) is 11.3 Å². The normalized spacial score (nSPS) is 11.5. The molecule has 0 aliphatic heterocycles. The van der Waals surface area contributed by atoms with Crippen molar-refractivity contribution in [3.05, 3.63) is 75.9 Å². The molecule has 28 heavy (non-hydrogen) atoms. The van der Waals surface area contributed by atoms with E-state index in [4.69, 9.17) is 16.3 Å². The number of carbonyl (C=O) groups excluding carboxylic acids is 2. The second-order valence-corrected chi connectivity index (χ2v) is 7.30. The lowest BCUT2D eigenvalue weighted by Crippen LogP contribution is -2.32. The second kappa shape index (κ2) is 9.39. The molecule has 0 saturated carbocycles. The van der Waals surface area contributed by atoms with Crippen LogP contribution in [0, 0.1) is 0 Å². The zero-order valence-electron chi connectivity index (χ0n) is 15.1. The summed E-state index contributed by atoms with van der Waals surface area (Å²) in [6, 6.07) is 17.7. The Bertz CT molecular complexity index is 946. The summed E-state index contributed by atoms with van der Waals surface area (Å²) in [4.78, 5) is 25.3. The molecule has 0 aliphatic carbocycles. The first-order valence-electron chi connectivity index (χ1n) is 8.73. The number of para-hydroxylation sites is 1. The minimum Gasteiger partial charge on any atom is -0.481 e. The number of amides is 2.